The van der Waals surface area contributed by atoms with Crippen molar-refractivity contribution in [3.05, 3.63) is 60.7 Å². The molecular formula is C30H36Br2ClN5O4. The number of benzene rings is 1. The lowest BCUT2D eigenvalue weighted by Gasteiger charge is -2.38. The number of halogens is 3. The first kappa shape index (κ1) is 31.2. The van der Waals surface area contributed by atoms with Crippen molar-refractivity contribution >= 4 is 61.3 Å². The van der Waals surface area contributed by atoms with Crippen LogP contribution in [0.1, 0.15) is 60.4 Å². The Morgan fingerprint density at radius 2 is 1.69 bits per heavy atom. The molecule has 2 aromatic rings. The van der Waals surface area contributed by atoms with Crippen LogP contribution in [0.2, 0.25) is 5.02 Å². The molecule has 42 heavy (non-hydrogen) atoms. The number of likely N-dealkylation sites (tertiary alicyclic amines) is 2. The van der Waals surface area contributed by atoms with Crippen molar-refractivity contribution in [2.24, 2.45) is 17.6 Å². The monoisotopic (exact) mass is 723 g/mol. The molecule has 226 valence electrons. The van der Waals surface area contributed by atoms with Crippen molar-refractivity contribution in [1.29, 1.82) is 0 Å². The molecule has 2 atom stereocenters. The molecule has 4 N–H and O–H groups in total. The van der Waals surface area contributed by atoms with Crippen LogP contribution in [0.5, 0.6) is 0 Å². The van der Waals surface area contributed by atoms with Crippen LogP contribution >= 0.6 is 43.5 Å². The summed E-state index contributed by atoms with van der Waals surface area (Å²) in [6, 6.07) is 4.74. The maximum absolute atomic E-state index is 13.3. The Bertz CT molecular complexity index is 1350. The van der Waals surface area contributed by atoms with Gasteiger partial charge in [0.25, 0.3) is 0 Å². The smallest absolute Gasteiger partial charge is 0.318 e. The van der Waals surface area contributed by atoms with Gasteiger partial charge in [0.15, 0.2) is 0 Å². The predicted octanol–water partition coefficient (Wildman–Crippen LogP) is 4.39. The number of pyridine rings is 1. The van der Waals surface area contributed by atoms with Crippen LogP contribution in [-0.2, 0) is 22.4 Å². The van der Waals surface area contributed by atoms with Crippen LogP contribution in [0.15, 0.2) is 33.3 Å². The highest BCUT2D eigenvalue weighted by Crippen LogP contribution is 2.46. The maximum Gasteiger partial charge on any atom is 0.318 e. The van der Waals surface area contributed by atoms with E-state index >= 15 is 0 Å². The van der Waals surface area contributed by atoms with E-state index in [4.69, 9.17) is 22.3 Å². The number of carbonyl (C=O) groups is 3. The van der Waals surface area contributed by atoms with Gasteiger partial charge in [-0.05, 0) is 101 Å². The summed E-state index contributed by atoms with van der Waals surface area (Å²) >= 11 is 13.9. The summed E-state index contributed by atoms with van der Waals surface area (Å²) < 4.78 is 2.00. The van der Waals surface area contributed by atoms with E-state index in [2.05, 4.69) is 49.3 Å². The number of piperidine rings is 2. The summed E-state index contributed by atoms with van der Waals surface area (Å²) in [6.45, 7) is 1.87. The number of primary amides is 1. The summed E-state index contributed by atoms with van der Waals surface area (Å²) in [4.78, 5) is 45.6. The largest absolute Gasteiger partial charge is 0.394 e. The standard InChI is InChI=1S/C30H36Br2ClN5O4/c31-21-12-20-2-1-19-13-22(33)14-23(32)26(19)27(28(20)35-15-21)18-5-9-37(10-6-18)25(40)11-17-3-7-38(8-4-17)30(42)36-24(16-39)29(34)41/h12-15,17-18,24,27,39H,1-11,16H2,(H2,34,41)(H,36,42)/t24-,27+/m0/s1. The third-order valence-corrected chi connectivity index (χ3v) is 10.3. The first-order chi connectivity index (χ1) is 20.1. The molecule has 2 aliphatic heterocycles. The van der Waals surface area contributed by atoms with E-state index in [1.807, 2.05) is 17.2 Å². The van der Waals surface area contributed by atoms with E-state index in [1.54, 1.807) is 4.90 Å². The Labute approximate surface area is 267 Å². The van der Waals surface area contributed by atoms with E-state index in [0.29, 0.717) is 51.4 Å². The van der Waals surface area contributed by atoms with Crippen LogP contribution in [0.3, 0.4) is 0 Å². The Kier molecular flexibility index (Phi) is 10.1. The van der Waals surface area contributed by atoms with Gasteiger partial charge in [-0.2, -0.15) is 0 Å². The van der Waals surface area contributed by atoms with E-state index in [0.717, 1.165) is 45.3 Å². The summed E-state index contributed by atoms with van der Waals surface area (Å²) in [7, 11) is 0. The van der Waals surface area contributed by atoms with E-state index in [9.17, 15) is 19.5 Å². The second-order valence-corrected chi connectivity index (χ2v) is 13.8. The summed E-state index contributed by atoms with van der Waals surface area (Å²) in [6.07, 6.45) is 7.38. The van der Waals surface area contributed by atoms with Gasteiger partial charge >= 0.3 is 6.03 Å². The lowest BCUT2D eigenvalue weighted by atomic mass is 9.76. The molecule has 5 rings (SSSR count). The number of nitrogens with two attached hydrogens (primary N) is 1. The van der Waals surface area contributed by atoms with Crippen LogP contribution in [0.4, 0.5) is 4.79 Å². The Morgan fingerprint density at radius 1 is 1.02 bits per heavy atom. The number of hydrogen-bond donors (Lipinski definition) is 3. The molecule has 0 saturated carbocycles. The van der Waals surface area contributed by atoms with Gasteiger partial charge in [-0.3, -0.25) is 14.6 Å². The van der Waals surface area contributed by atoms with Gasteiger partial charge in [-0.1, -0.05) is 27.5 Å². The van der Waals surface area contributed by atoms with Gasteiger partial charge in [0.1, 0.15) is 6.04 Å². The molecule has 4 amide bonds. The van der Waals surface area contributed by atoms with Gasteiger partial charge in [0.05, 0.1) is 12.3 Å². The average molecular weight is 726 g/mol. The molecule has 1 aromatic heterocycles. The lowest BCUT2D eigenvalue weighted by molar-refractivity contribution is -0.134. The van der Waals surface area contributed by atoms with Crippen LogP contribution in [0, 0.1) is 11.8 Å². The highest BCUT2D eigenvalue weighted by Gasteiger charge is 2.37. The van der Waals surface area contributed by atoms with Crippen LogP contribution in [0.25, 0.3) is 0 Å². The Morgan fingerprint density at radius 3 is 2.36 bits per heavy atom. The zero-order valence-corrected chi connectivity index (χ0v) is 27.3. The zero-order chi connectivity index (χ0) is 30.0. The number of rotatable bonds is 6. The second-order valence-electron chi connectivity index (χ2n) is 11.6. The highest BCUT2D eigenvalue weighted by molar-refractivity contribution is 9.10. The van der Waals surface area contributed by atoms with Crippen molar-refractivity contribution in [1.82, 2.24) is 20.1 Å². The molecule has 0 spiro atoms. The third-order valence-electron chi connectivity index (χ3n) is 8.97. The Balaban J connectivity index is 1.20. The number of urea groups is 1. The van der Waals surface area contributed by atoms with Crippen LogP contribution in [-0.4, -0.2) is 76.6 Å². The van der Waals surface area contributed by atoms with Crippen LogP contribution < -0.4 is 11.1 Å². The molecule has 2 saturated heterocycles. The number of nitrogens with one attached hydrogen (secondary N) is 1. The molecule has 12 heteroatoms. The minimum absolute atomic E-state index is 0.130. The molecule has 2 fully saturated rings. The van der Waals surface area contributed by atoms with Crippen molar-refractivity contribution < 1.29 is 19.5 Å². The molecule has 3 aliphatic rings. The number of nitrogens with zero attached hydrogens (tertiary/aromatic N) is 3. The summed E-state index contributed by atoms with van der Waals surface area (Å²) in [5.41, 5.74) is 10.1. The van der Waals surface area contributed by atoms with Crippen molar-refractivity contribution in [2.45, 2.75) is 56.9 Å². The van der Waals surface area contributed by atoms with Gasteiger partial charge in [-0.25, -0.2) is 4.79 Å². The first-order valence-corrected chi connectivity index (χ1v) is 16.5. The number of fused-ring (bicyclic) bond motifs is 2. The topological polar surface area (TPSA) is 129 Å². The van der Waals surface area contributed by atoms with E-state index < -0.39 is 24.6 Å². The molecule has 1 aliphatic carbocycles. The zero-order valence-electron chi connectivity index (χ0n) is 23.3. The SMILES string of the molecule is NC(=O)[C@H](CO)NC(=O)N1CCC(CC(=O)N2CCC([C@H]3c4ncc(Br)cc4CCc4cc(Cl)cc(Br)c43)CC2)CC1. The molecule has 0 unspecified atom stereocenters. The number of aliphatic hydroxyl groups excluding tert-OH is 1. The number of aromatic nitrogens is 1. The molecule has 1 aromatic carbocycles. The normalized spacial score (nSPS) is 20.3. The minimum Gasteiger partial charge on any atom is -0.394 e. The number of amides is 4. The maximum atomic E-state index is 13.3. The lowest BCUT2D eigenvalue weighted by Crippen LogP contribution is -2.53. The molecule has 0 bridgehead atoms. The van der Waals surface area contributed by atoms with E-state index in [1.165, 1.54) is 16.7 Å². The van der Waals surface area contributed by atoms with Gasteiger partial charge in [0.2, 0.25) is 11.8 Å². The summed E-state index contributed by atoms with van der Waals surface area (Å²) in [5, 5.41) is 12.4. The van der Waals surface area contributed by atoms with Gasteiger partial charge < -0.3 is 26.0 Å². The van der Waals surface area contributed by atoms with Crippen molar-refractivity contribution in [3.63, 3.8) is 0 Å². The van der Waals surface area contributed by atoms with Gasteiger partial charge in [-0.15, -0.1) is 0 Å². The fourth-order valence-electron chi connectivity index (χ4n) is 6.68. The molecular weight excluding hydrogens is 690 g/mol. The Hall–Kier alpha value is -2.21. The fraction of sp³-hybridized carbons (Fsp3) is 0.533. The minimum atomic E-state index is -1.10. The second kappa shape index (κ2) is 13.6. The van der Waals surface area contributed by atoms with Crippen molar-refractivity contribution in [2.75, 3.05) is 32.8 Å². The number of aliphatic hydroxyl groups is 1. The average Bonchev–Trinajstić information content (AvgIpc) is 3.12. The molecule has 0 radical (unpaired) electrons. The number of aryl methyl sites for hydroxylation is 2. The number of carbonyl (C=O) groups excluding carboxylic acids is 3. The first-order valence-electron chi connectivity index (χ1n) is 14.5. The van der Waals surface area contributed by atoms with E-state index in [-0.39, 0.29) is 17.7 Å². The predicted molar refractivity (Wildman–Crippen MR) is 167 cm³/mol. The molecule has 9 nitrogen and oxygen atoms in total. The van der Waals surface area contributed by atoms with Gasteiger partial charge in [0, 0.05) is 58.7 Å². The quantitative estimate of drug-likeness (QED) is 0.407. The highest BCUT2D eigenvalue weighted by atomic mass is 79.9. The molecule has 3 heterocycles. The van der Waals surface area contributed by atoms with Crippen molar-refractivity contribution in [3.8, 4) is 0 Å². The summed E-state index contributed by atoms with van der Waals surface area (Å²) in [5.74, 6) is 0.0738. The number of hydrogen-bond acceptors (Lipinski definition) is 5. The third kappa shape index (κ3) is 6.95. The fourth-order valence-corrected chi connectivity index (χ4v) is 8.17.